The van der Waals surface area contributed by atoms with Crippen molar-refractivity contribution in [1.82, 2.24) is 9.21 Å². The van der Waals surface area contributed by atoms with Gasteiger partial charge in [0.15, 0.2) is 0 Å². The molecule has 2 aliphatic heterocycles. The van der Waals surface area contributed by atoms with E-state index < -0.39 is 10.0 Å². The predicted molar refractivity (Wildman–Crippen MR) is 129 cm³/mol. The van der Waals surface area contributed by atoms with Crippen molar-refractivity contribution in [2.24, 2.45) is 0 Å². The number of nitrogens with one attached hydrogen (secondary N) is 1. The van der Waals surface area contributed by atoms with E-state index >= 15 is 0 Å². The van der Waals surface area contributed by atoms with Crippen LogP contribution in [0.1, 0.15) is 22.2 Å². The van der Waals surface area contributed by atoms with Gasteiger partial charge in [-0.2, -0.15) is 4.31 Å². The van der Waals surface area contributed by atoms with E-state index in [-0.39, 0.29) is 10.8 Å². The molecule has 0 unspecified atom stereocenters. The highest BCUT2D eigenvalue weighted by Crippen LogP contribution is 2.42. The minimum Gasteiger partial charge on any atom is -0.488 e. The number of likely N-dealkylation sites (N-methyl/N-ethyl adjacent to an activating group) is 1. The van der Waals surface area contributed by atoms with Gasteiger partial charge in [-0.15, -0.1) is 11.3 Å². The van der Waals surface area contributed by atoms with Crippen LogP contribution in [0.15, 0.2) is 59.5 Å². The number of piperazine rings is 1. The lowest BCUT2D eigenvalue weighted by atomic mass is 10.1. The van der Waals surface area contributed by atoms with Gasteiger partial charge < -0.3 is 15.0 Å². The van der Waals surface area contributed by atoms with E-state index in [0.29, 0.717) is 30.3 Å². The first-order valence-corrected chi connectivity index (χ1v) is 13.2. The summed E-state index contributed by atoms with van der Waals surface area (Å²) in [5.74, 6) is 0.550. The molecule has 9 heteroatoms. The molecule has 172 valence electrons. The maximum Gasteiger partial charge on any atom is 0.265 e. The standard InChI is InChI=1S/C24H25N3O4S2/c1-2-26-10-12-27(13-11-26)33(29,30)19-7-5-6-18(15-19)25-24(28)22-14-17-16-31-21-9-4-3-8-20(21)23(17)32-22/h3-9,14-15H,2,10-13,16H2,1H3,(H,25,28). The molecule has 0 saturated carbocycles. The van der Waals surface area contributed by atoms with Gasteiger partial charge in [-0.3, -0.25) is 4.79 Å². The molecule has 1 aromatic heterocycles. The van der Waals surface area contributed by atoms with E-state index in [1.165, 1.54) is 21.7 Å². The quantitative estimate of drug-likeness (QED) is 0.596. The molecular formula is C24H25N3O4S2. The van der Waals surface area contributed by atoms with Crippen LogP contribution in [0.4, 0.5) is 5.69 Å². The fourth-order valence-electron chi connectivity index (χ4n) is 4.17. The molecular weight excluding hydrogens is 458 g/mol. The Morgan fingerprint density at radius 1 is 1.06 bits per heavy atom. The maximum atomic E-state index is 13.1. The fraction of sp³-hybridized carbons (Fsp3) is 0.292. The third-order valence-corrected chi connectivity index (χ3v) is 9.16. The van der Waals surface area contributed by atoms with Crippen LogP contribution in [0.2, 0.25) is 0 Å². The molecule has 2 aliphatic rings. The molecule has 1 fully saturated rings. The Morgan fingerprint density at radius 3 is 2.64 bits per heavy atom. The molecule has 1 saturated heterocycles. The molecule has 33 heavy (non-hydrogen) atoms. The Bertz CT molecular complexity index is 1290. The Morgan fingerprint density at radius 2 is 1.85 bits per heavy atom. The van der Waals surface area contributed by atoms with Crippen molar-refractivity contribution in [3.63, 3.8) is 0 Å². The van der Waals surface area contributed by atoms with Crippen molar-refractivity contribution in [2.45, 2.75) is 18.4 Å². The third kappa shape index (κ3) is 4.29. The third-order valence-electron chi connectivity index (χ3n) is 6.06. The molecule has 5 rings (SSSR count). The highest BCUT2D eigenvalue weighted by molar-refractivity contribution is 7.89. The summed E-state index contributed by atoms with van der Waals surface area (Å²) < 4.78 is 33.6. The largest absolute Gasteiger partial charge is 0.488 e. The normalized spacial score (nSPS) is 16.5. The predicted octanol–water partition coefficient (Wildman–Crippen LogP) is 3.89. The van der Waals surface area contributed by atoms with E-state index in [2.05, 4.69) is 17.1 Å². The number of sulfonamides is 1. The summed E-state index contributed by atoms with van der Waals surface area (Å²) in [6.45, 7) is 5.80. The van der Waals surface area contributed by atoms with Crippen molar-refractivity contribution in [1.29, 1.82) is 0 Å². The summed E-state index contributed by atoms with van der Waals surface area (Å²) in [6, 6.07) is 16.1. The second kappa shape index (κ2) is 8.90. The van der Waals surface area contributed by atoms with Crippen LogP contribution in [-0.2, 0) is 16.6 Å². The van der Waals surface area contributed by atoms with Gasteiger partial charge in [-0.25, -0.2) is 8.42 Å². The van der Waals surface area contributed by atoms with Crippen LogP contribution in [0, 0.1) is 0 Å². The van der Waals surface area contributed by atoms with Gasteiger partial charge >= 0.3 is 0 Å². The molecule has 0 bridgehead atoms. The van der Waals surface area contributed by atoms with Crippen molar-refractivity contribution in [2.75, 3.05) is 38.0 Å². The number of ether oxygens (including phenoxy) is 1. The number of amides is 1. The number of anilines is 1. The Balaban J connectivity index is 1.34. The van der Waals surface area contributed by atoms with Crippen LogP contribution < -0.4 is 10.1 Å². The average Bonchev–Trinajstić information content (AvgIpc) is 3.29. The monoisotopic (exact) mass is 483 g/mol. The van der Waals surface area contributed by atoms with Gasteiger partial charge in [0.25, 0.3) is 5.91 Å². The van der Waals surface area contributed by atoms with Crippen LogP contribution in [0.3, 0.4) is 0 Å². The van der Waals surface area contributed by atoms with Gasteiger partial charge in [0.1, 0.15) is 12.4 Å². The lowest BCUT2D eigenvalue weighted by molar-refractivity contribution is 0.103. The maximum absolute atomic E-state index is 13.1. The molecule has 3 aromatic rings. The summed E-state index contributed by atoms with van der Waals surface area (Å²) in [4.78, 5) is 17.0. The molecule has 3 heterocycles. The van der Waals surface area contributed by atoms with Crippen molar-refractivity contribution >= 4 is 33.0 Å². The lowest BCUT2D eigenvalue weighted by Gasteiger charge is -2.33. The fourth-order valence-corrected chi connectivity index (χ4v) is 6.73. The first-order valence-electron chi connectivity index (χ1n) is 10.9. The van der Waals surface area contributed by atoms with Gasteiger partial charge in [0.05, 0.1) is 9.77 Å². The number of carbonyl (C=O) groups is 1. The first kappa shape index (κ1) is 22.1. The number of hydrogen-bond acceptors (Lipinski definition) is 6. The SMILES string of the molecule is CCN1CCN(S(=O)(=O)c2cccc(NC(=O)c3cc4c(s3)-c3ccccc3OC4)c2)CC1. The van der Waals surface area contributed by atoms with Crippen molar-refractivity contribution in [3.05, 3.63) is 65.0 Å². The number of rotatable bonds is 5. The topological polar surface area (TPSA) is 79.0 Å². The number of para-hydroxylation sites is 1. The molecule has 2 aromatic carbocycles. The molecule has 0 spiro atoms. The van der Waals surface area contributed by atoms with Gasteiger partial charge in [-0.05, 0) is 42.9 Å². The summed E-state index contributed by atoms with van der Waals surface area (Å²) in [7, 11) is -3.61. The summed E-state index contributed by atoms with van der Waals surface area (Å²) >= 11 is 1.42. The molecule has 0 aliphatic carbocycles. The number of nitrogens with zero attached hydrogens (tertiary/aromatic N) is 2. The zero-order chi connectivity index (χ0) is 23.0. The van der Waals surface area contributed by atoms with E-state index in [1.54, 1.807) is 18.2 Å². The lowest BCUT2D eigenvalue weighted by Crippen LogP contribution is -2.48. The van der Waals surface area contributed by atoms with Crippen molar-refractivity contribution in [3.8, 4) is 16.2 Å². The van der Waals surface area contributed by atoms with Crippen LogP contribution in [0.25, 0.3) is 10.4 Å². The number of carbonyl (C=O) groups excluding carboxylic acids is 1. The van der Waals surface area contributed by atoms with Crippen LogP contribution in [-0.4, -0.2) is 56.3 Å². The molecule has 0 radical (unpaired) electrons. The smallest absolute Gasteiger partial charge is 0.265 e. The average molecular weight is 484 g/mol. The zero-order valence-corrected chi connectivity index (χ0v) is 19.9. The van der Waals surface area contributed by atoms with Crippen LogP contribution >= 0.6 is 11.3 Å². The van der Waals surface area contributed by atoms with Gasteiger partial charge in [0, 0.05) is 47.9 Å². The Kier molecular flexibility index (Phi) is 5.96. The number of thiophene rings is 1. The Labute approximate surface area is 197 Å². The second-order valence-corrected chi connectivity index (χ2v) is 11.1. The number of fused-ring (bicyclic) bond motifs is 3. The van der Waals surface area contributed by atoms with E-state index in [9.17, 15) is 13.2 Å². The first-order chi connectivity index (χ1) is 16.0. The molecule has 0 atom stereocenters. The van der Waals surface area contributed by atoms with E-state index in [0.717, 1.165) is 41.4 Å². The van der Waals surface area contributed by atoms with Crippen molar-refractivity contribution < 1.29 is 17.9 Å². The molecule has 1 N–H and O–H groups in total. The van der Waals surface area contributed by atoms with E-state index in [1.807, 2.05) is 30.3 Å². The van der Waals surface area contributed by atoms with E-state index in [4.69, 9.17) is 4.74 Å². The molecule has 7 nitrogen and oxygen atoms in total. The minimum absolute atomic E-state index is 0.193. The minimum atomic E-state index is -3.61. The van der Waals surface area contributed by atoms with Gasteiger partial charge in [-0.1, -0.05) is 25.1 Å². The summed E-state index contributed by atoms with van der Waals surface area (Å²) in [5.41, 5.74) is 2.42. The zero-order valence-electron chi connectivity index (χ0n) is 18.3. The highest BCUT2D eigenvalue weighted by atomic mass is 32.2. The number of benzene rings is 2. The number of hydrogen-bond donors (Lipinski definition) is 1. The summed E-state index contributed by atoms with van der Waals surface area (Å²) in [6.07, 6.45) is 0. The van der Waals surface area contributed by atoms with Crippen LogP contribution in [0.5, 0.6) is 5.75 Å². The Hall–Kier alpha value is -2.72. The summed E-state index contributed by atoms with van der Waals surface area (Å²) in [5, 5.41) is 2.86. The second-order valence-electron chi connectivity index (χ2n) is 8.07. The molecule has 1 amide bonds. The van der Waals surface area contributed by atoms with Gasteiger partial charge in [0.2, 0.25) is 10.0 Å². The highest BCUT2D eigenvalue weighted by Gasteiger charge is 2.28.